The molecule has 1 aromatic heterocycles. The van der Waals surface area contributed by atoms with Crippen LogP contribution in [0.25, 0.3) is 10.9 Å². The van der Waals surface area contributed by atoms with Crippen LogP contribution in [-0.2, 0) is 35.2 Å². The topological polar surface area (TPSA) is 191 Å². The van der Waals surface area contributed by atoms with E-state index in [1.807, 2.05) is 6.07 Å². The van der Waals surface area contributed by atoms with Crippen LogP contribution in [-0.4, -0.2) is 123 Å². The number of fused-ring (bicyclic) bond motifs is 4. The summed E-state index contributed by atoms with van der Waals surface area (Å²) in [4.78, 5) is 89.8. The molecule has 0 spiro atoms. The average Bonchev–Trinajstić information content (AvgIpc) is 3.55. The first-order chi connectivity index (χ1) is 24.9. The number of hydrazine groups is 3. The highest BCUT2D eigenvalue weighted by atomic mass is 35.5. The lowest BCUT2D eigenvalue weighted by Gasteiger charge is -2.44. The quantitative estimate of drug-likeness (QED) is 0.258. The number of H-pyrrole nitrogens is 1. The SMILES string of the molecule is CC(C)[C@H]1NC(=O)[C@H](Cc2c[nH]c3cc(Cl)ccc23)NC(=O)[C@@H]2CCCNN2C(=O)[C@H](C)N(C)C(=O)[C@@H]2CCCNN2C(=O)[C@@H]2CCCNN2C1=O. The van der Waals surface area contributed by atoms with Gasteiger partial charge in [0.15, 0.2) is 0 Å². The van der Waals surface area contributed by atoms with Crippen molar-refractivity contribution in [1.82, 2.24) is 51.8 Å². The first-order valence-corrected chi connectivity index (χ1v) is 18.6. The molecule has 52 heavy (non-hydrogen) atoms. The predicted octanol–water partition coefficient (Wildman–Crippen LogP) is 0.337. The van der Waals surface area contributed by atoms with Crippen LogP contribution in [0.15, 0.2) is 24.4 Å². The van der Waals surface area contributed by atoms with Gasteiger partial charge < -0.3 is 20.5 Å². The van der Waals surface area contributed by atoms with Gasteiger partial charge in [-0.3, -0.25) is 43.8 Å². The first-order valence-electron chi connectivity index (χ1n) is 18.2. The Kier molecular flexibility index (Phi) is 11.4. The summed E-state index contributed by atoms with van der Waals surface area (Å²) >= 11 is 6.22. The van der Waals surface area contributed by atoms with Crippen LogP contribution in [0.5, 0.6) is 0 Å². The lowest BCUT2D eigenvalue weighted by Crippen LogP contribution is -2.69. The van der Waals surface area contributed by atoms with Crippen molar-refractivity contribution >= 4 is 57.9 Å². The fourth-order valence-electron chi connectivity index (χ4n) is 7.51. The van der Waals surface area contributed by atoms with Gasteiger partial charge >= 0.3 is 0 Å². The van der Waals surface area contributed by atoms with Crippen molar-refractivity contribution in [1.29, 1.82) is 0 Å². The van der Waals surface area contributed by atoms with Crippen molar-refractivity contribution in [3.05, 3.63) is 35.0 Å². The molecule has 0 unspecified atom stereocenters. The molecule has 6 amide bonds. The predicted molar refractivity (Wildman–Crippen MR) is 192 cm³/mol. The fraction of sp³-hybridized carbons (Fsp3) is 0.600. The van der Waals surface area contributed by atoms with E-state index in [2.05, 4.69) is 31.9 Å². The molecule has 0 aliphatic carbocycles. The Balaban J connectivity index is 1.40. The number of hydrogen-bond donors (Lipinski definition) is 6. The van der Waals surface area contributed by atoms with Gasteiger partial charge in [0, 0.05) is 55.2 Å². The zero-order chi connectivity index (χ0) is 37.3. The van der Waals surface area contributed by atoms with Gasteiger partial charge in [0.05, 0.1) is 0 Å². The molecule has 1 aromatic carbocycles. The van der Waals surface area contributed by atoms with Crippen molar-refractivity contribution in [2.24, 2.45) is 5.92 Å². The van der Waals surface area contributed by atoms with Crippen LogP contribution < -0.4 is 26.9 Å². The minimum Gasteiger partial charge on any atom is -0.361 e. The van der Waals surface area contributed by atoms with Gasteiger partial charge in [0.1, 0.15) is 36.3 Å². The minimum absolute atomic E-state index is 0.0606. The van der Waals surface area contributed by atoms with Gasteiger partial charge in [-0.15, -0.1) is 0 Å². The summed E-state index contributed by atoms with van der Waals surface area (Å²) in [5.41, 5.74) is 10.7. The smallest absolute Gasteiger partial charge is 0.261 e. The summed E-state index contributed by atoms with van der Waals surface area (Å²) in [6.07, 6.45) is 4.63. The summed E-state index contributed by atoms with van der Waals surface area (Å²) in [5, 5.41) is 11.0. The van der Waals surface area contributed by atoms with Crippen LogP contribution in [0.4, 0.5) is 0 Å². The monoisotopic (exact) mass is 740 g/mol. The van der Waals surface area contributed by atoms with Gasteiger partial charge in [-0.05, 0) is 69.1 Å². The van der Waals surface area contributed by atoms with E-state index in [1.54, 1.807) is 39.1 Å². The number of nitrogens with zero attached hydrogens (tertiary/aromatic N) is 4. The normalized spacial score (nSPS) is 29.0. The molecule has 5 heterocycles. The number of benzene rings is 1. The summed E-state index contributed by atoms with van der Waals surface area (Å²) in [6.45, 7) is 6.49. The summed E-state index contributed by atoms with van der Waals surface area (Å²) in [7, 11) is 1.51. The molecule has 6 N–H and O–H groups in total. The third kappa shape index (κ3) is 7.47. The van der Waals surface area contributed by atoms with Crippen molar-refractivity contribution in [2.75, 3.05) is 26.7 Å². The van der Waals surface area contributed by atoms with Gasteiger partial charge in [-0.2, -0.15) is 0 Å². The molecule has 17 heteroatoms. The Bertz CT molecular complexity index is 1720. The zero-order valence-corrected chi connectivity index (χ0v) is 30.8. The van der Waals surface area contributed by atoms with E-state index >= 15 is 0 Å². The number of amides is 6. The maximum atomic E-state index is 14.4. The number of halogens is 1. The number of aromatic nitrogens is 1. The molecule has 282 valence electrons. The number of carbonyl (C=O) groups excluding carboxylic acids is 6. The molecule has 4 saturated heterocycles. The molecule has 4 aliphatic heterocycles. The maximum Gasteiger partial charge on any atom is 0.261 e. The number of likely N-dealkylation sites (N-methyl/N-ethyl adjacent to an activating group) is 1. The lowest BCUT2D eigenvalue weighted by molar-refractivity contribution is -0.164. The fourth-order valence-corrected chi connectivity index (χ4v) is 7.68. The second-order valence-corrected chi connectivity index (χ2v) is 14.9. The molecular weight excluding hydrogens is 692 g/mol. The molecule has 6 atom stereocenters. The number of hydrogen-bond acceptors (Lipinski definition) is 9. The second-order valence-electron chi connectivity index (χ2n) is 14.4. The Morgan fingerprint density at radius 3 is 1.96 bits per heavy atom. The average molecular weight is 741 g/mol. The lowest BCUT2D eigenvalue weighted by atomic mass is 9.98. The highest BCUT2D eigenvalue weighted by Crippen LogP contribution is 2.25. The molecule has 4 aliphatic rings. The molecule has 4 fully saturated rings. The van der Waals surface area contributed by atoms with E-state index in [4.69, 9.17) is 11.6 Å². The summed E-state index contributed by atoms with van der Waals surface area (Å²) < 4.78 is 0. The van der Waals surface area contributed by atoms with Gasteiger partial charge in [0.25, 0.3) is 17.7 Å². The number of rotatable bonds is 3. The van der Waals surface area contributed by atoms with E-state index in [0.717, 1.165) is 16.5 Å². The van der Waals surface area contributed by atoms with Gasteiger partial charge in [-0.25, -0.2) is 16.3 Å². The Morgan fingerprint density at radius 1 is 0.750 bits per heavy atom. The molecule has 0 saturated carbocycles. The van der Waals surface area contributed by atoms with E-state index in [1.165, 1.54) is 27.0 Å². The largest absolute Gasteiger partial charge is 0.361 e. The third-order valence-electron chi connectivity index (χ3n) is 10.6. The zero-order valence-electron chi connectivity index (χ0n) is 30.0. The highest BCUT2D eigenvalue weighted by Gasteiger charge is 2.45. The van der Waals surface area contributed by atoms with E-state index in [9.17, 15) is 28.8 Å². The van der Waals surface area contributed by atoms with Crippen LogP contribution in [0.1, 0.15) is 64.9 Å². The molecule has 0 bridgehead atoms. The van der Waals surface area contributed by atoms with Crippen LogP contribution in [0, 0.1) is 5.92 Å². The molecule has 0 radical (unpaired) electrons. The molecule has 6 rings (SSSR count). The van der Waals surface area contributed by atoms with Gasteiger partial charge in [-0.1, -0.05) is 31.5 Å². The third-order valence-corrected chi connectivity index (χ3v) is 10.9. The van der Waals surface area contributed by atoms with Gasteiger partial charge in [0.2, 0.25) is 17.7 Å². The van der Waals surface area contributed by atoms with Crippen LogP contribution in [0.3, 0.4) is 0 Å². The number of carbonyl (C=O) groups is 6. The standard InChI is InChI=1S/C35H49ClN10O6/c1-19(2)29-35(52)46-28(10-7-15-40-46)34(51)45-27(9-6-14-39-45)33(50)43(4)20(3)32(49)44-26(8-5-13-38-44)31(48)41-25(30(47)42-29)16-21-18-37-24-17-22(36)11-12-23(21)24/h11-12,17-20,25-29,37-40H,5-10,13-16H2,1-4H3,(H,41,48)(H,42,47)/t20-,25-,26-,27-,28-,29+/m0/s1. The van der Waals surface area contributed by atoms with Crippen molar-refractivity contribution < 1.29 is 28.8 Å². The molecule has 2 aromatic rings. The first kappa shape index (κ1) is 37.5. The van der Waals surface area contributed by atoms with Crippen LogP contribution >= 0.6 is 11.6 Å². The Labute approximate surface area is 307 Å². The van der Waals surface area contributed by atoms with E-state index in [-0.39, 0.29) is 6.42 Å². The molecule has 16 nitrogen and oxygen atoms in total. The van der Waals surface area contributed by atoms with Crippen molar-refractivity contribution in [3.63, 3.8) is 0 Å². The Hall–Kier alpha value is -4.25. The highest BCUT2D eigenvalue weighted by molar-refractivity contribution is 6.31. The van der Waals surface area contributed by atoms with Crippen LogP contribution in [0.2, 0.25) is 5.02 Å². The van der Waals surface area contributed by atoms with Crippen molar-refractivity contribution in [2.45, 2.75) is 102 Å². The number of nitrogens with one attached hydrogen (secondary N) is 6. The number of aromatic amines is 1. The minimum atomic E-state index is -1.15. The summed E-state index contributed by atoms with van der Waals surface area (Å²) in [5.74, 6) is -3.44. The maximum absolute atomic E-state index is 14.4. The second kappa shape index (κ2) is 15.8. The Morgan fingerprint density at radius 2 is 1.33 bits per heavy atom. The summed E-state index contributed by atoms with van der Waals surface area (Å²) in [6, 6.07) is -0.754. The van der Waals surface area contributed by atoms with Crippen molar-refractivity contribution in [3.8, 4) is 0 Å². The van der Waals surface area contributed by atoms with E-state index in [0.29, 0.717) is 63.2 Å². The van der Waals surface area contributed by atoms with E-state index < -0.39 is 77.6 Å². The molecular formula is C35H49ClN10O6.